The van der Waals surface area contributed by atoms with Gasteiger partial charge in [0, 0.05) is 25.7 Å². The van der Waals surface area contributed by atoms with Crippen LogP contribution in [-0.4, -0.2) is 42.0 Å². The number of hydrogen-bond donors (Lipinski definition) is 3. The van der Waals surface area contributed by atoms with E-state index in [-0.39, 0.29) is 36.4 Å². The standard InChI is InChI=1S/C16H28N4O3.ClH/c1-3-6-23-15-7-11(4-5-14(15)17)16(21)18-9-12-8-13(10-22-2)20-19-12;/h8,11,14-15H,3-7,9-10,17H2,1-2H3,(H,18,21)(H,19,20);1H/t11-,14+,15+;/m0./s1. The van der Waals surface area contributed by atoms with Crippen molar-refractivity contribution >= 4 is 18.3 Å². The highest BCUT2D eigenvalue weighted by Gasteiger charge is 2.32. The maximum atomic E-state index is 12.4. The maximum Gasteiger partial charge on any atom is 0.223 e. The number of carbonyl (C=O) groups excluding carboxylic acids is 1. The Hall–Kier alpha value is -1.15. The van der Waals surface area contributed by atoms with Gasteiger partial charge in [-0.3, -0.25) is 9.89 Å². The summed E-state index contributed by atoms with van der Waals surface area (Å²) < 4.78 is 10.8. The number of hydrogen-bond acceptors (Lipinski definition) is 5. The minimum absolute atomic E-state index is 0. The van der Waals surface area contributed by atoms with E-state index >= 15 is 0 Å². The maximum absolute atomic E-state index is 12.4. The monoisotopic (exact) mass is 360 g/mol. The number of halogens is 1. The Bertz CT molecular complexity index is 497. The van der Waals surface area contributed by atoms with Crippen LogP contribution in [-0.2, 0) is 27.4 Å². The Morgan fingerprint density at radius 3 is 3.00 bits per heavy atom. The number of H-pyrrole nitrogens is 1. The number of carbonyl (C=O) groups is 1. The van der Waals surface area contributed by atoms with Crippen LogP contribution in [0.25, 0.3) is 0 Å². The van der Waals surface area contributed by atoms with Crippen molar-refractivity contribution in [2.75, 3.05) is 13.7 Å². The van der Waals surface area contributed by atoms with Crippen LogP contribution >= 0.6 is 12.4 Å². The van der Waals surface area contributed by atoms with Crippen LogP contribution in [0.2, 0.25) is 0 Å². The zero-order valence-corrected chi connectivity index (χ0v) is 15.2. The predicted molar refractivity (Wildman–Crippen MR) is 93.7 cm³/mol. The summed E-state index contributed by atoms with van der Waals surface area (Å²) in [5, 5.41) is 9.99. The molecule has 0 spiro atoms. The van der Waals surface area contributed by atoms with Crippen LogP contribution in [0.5, 0.6) is 0 Å². The van der Waals surface area contributed by atoms with Gasteiger partial charge in [-0.2, -0.15) is 5.10 Å². The van der Waals surface area contributed by atoms with E-state index in [4.69, 9.17) is 15.2 Å². The third kappa shape index (κ3) is 6.05. The van der Waals surface area contributed by atoms with Gasteiger partial charge in [0.15, 0.2) is 0 Å². The lowest BCUT2D eigenvalue weighted by molar-refractivity contribution is -0.128. The lowest BCUT2D eigenvalue weighted by Gasteiger charge is -2.33. The fraction of sp³-hybridized carbons (Fsp3) is 0.750. The van der Waals surface area contributed by atoms with Gasteiger partial charge < -0.3 is 20.5 Å². The molecule has 0 aliphatic heterocycles. The van der Waals surface area contributed by atoms with Gasteiger partial charge in [-0.05, 0) is 31.7 Å². The molecule has 138 valence electrons. The van der Waals surface area contributed by atoms with Crippen molar-refractivity contribution in [2.24, 2.45) is 11.7 Å². The Morgan fingerprint density at radius 2 is 2.29 bits per heavy atom. The number of nitrogens with zero attached hydrogens (tertiary/aromatic N) is 1. The zero-order chi connectivity index (χ0) is 16.7. The van der Waals surface area contributed by atoms with Crippen LogP contribution in [0.3, 0.4) is 0 Å². The van der Waals surface area contributed by atoms with Gasteiger partial charge in [0.2, 0.25) is 5.91 Å². The summed E-state index contributed by atoms with van der Waals surface area (Å²) in [7, 11) is 1.63. The molecule has 1 aromatic rings. The minimum Gasteiger partial charge on any atom is -0.378 e. The number of aromatic nitrogens is 2. The number of ether oxygens (including phenoxy) is 2. The van der Waals surface area contributed by atoms with E-state index in [0.717, 1.165) is 30.7 Å². The molecule has 8 heteroatoms. The van der Waals surface area contributed by atoms with Gasteiger partial charge in [0.25, 0.3) is 0 Å². The number of aromatic amines is 1. The van der Waals surface area contributed by atoms with E-state index in [1.54, 1.807) is 7.11 Å². The third-order valence-electron chi connectivity index (χ3n) is 4.18. The van der Waals surface area contributed by atoms with Crippen molar-refractivity contribution in [3.63, 3.8) is 0 Å². The van der Waals surface area contributed by atoms with Crippen molar-refractivity contribution in [1.82, 2.24) is 15.5 Å². The van der Waals surface area contributed by atoms with Gasteiger partial charge in [0.05, 0.1) is 30.6 Å². The molecule has 2 rings (SSSR count). The Kier molecular flexibility index (Phi) is 9.28. The average molecular weight is 361 g/mol. The molecule has 0 aromatic carbocycles. The second-order valence-electron chi connectivity index (χ2n) is 6.12. The molecule has 0 bridgehead atoms. The molecule has 0 radical (unpaired) electrons. The van der Waals surface area contributed by atoms with Crippen molar-refractivity contribution in [3.05, 3.63) is 17.5 Å². The van der Waals surface area contributed by atoms with Crippen LogP contribution in [0.1, 0.15) is 44.0 Å². The highest BCUT2D eigenvalue weighted by atomic mass is 35.5. The summed E-state index contributed by atoms with van der Waals surface area (Å²) in [6.45, 7) is 3.67. The number of rotatable bonds is 8. The summed E-state index contributed by atoms with van der Waals surface area (Å²) in [5.41, 5.74) is 7.80. The first-order valence-electron chi connectivity index (χ1n) is 8.31. The highest BCUT2D eigenvalue weighted by molar-refractivity contribution is 5.85. The molecule has 1 aliphatic carbocycles. The summed E-state index contributed by atoms with van der Waals surface area (Å²) in [6, 6.07) is 1.93. The van der Waals surface area contributed by atoms with Crippen molar-refractivity contribution in [3.8, 4) is 0 Å². The molecule has 1 aromatic heterocycles. The summed E-state index contributed by atoms with van der Waals surface area (Å²) in [5.74, 6) is 0.0305. The number of amides is 1. The molecule has 4 N–H and O–H groups in total. The minimum atomic E-state index is -0.0296. The van der Waals surface area contributed by atoms with E-state index < -0.39 is 0 Å². The molecule has 3 atom stereocenters. The molecule has 1 saturated carbocycles. The van der Waals surface area contributed by atoms with E-state index in [1.807, 2.05) is 6.07 Å². The predicted octanol–water partition coefficient (Wildman–Crippen LogP) is 1.52. The van der Waals surface area contributed by atoms with Crippen LogP contribution in [0.4, 0.5) is 0 Å². The molecule has 0 saturated heterocycles. The zero-order valence-electron chi connectivity index (χ0n) is 14.4. The molecule has 0 unspecified atom stereocenters. The Labute approximate surface area is 149 Å². The van der Waals surface area contributed by atoms with E-state index in [1.165, 1.54) is 0 Å². The first-order chi connectivity index (χ1) is 11.1. The van der Waals surface area contributed by atoms with Gasteiger partial charge in [-0.25, -0.2) is 0 Å². The Balaban J connectivity index is 0.00000288. The normalized spacial score (nSPS) is 23.5. The SMILES string of the molecule is CCCO[C@@H]1C[C@@H](C(=O)NCc2cc(COC)n[nH]2)CC[C@H]1N.Cl. The van der Waals surface area contributed by atoms with Crippen molar-refractivity contribution in [2.45, 2.75) is 57.9 Å². The number of nitrogens with two attached hydrogens (primary N) is 1. The summed E-state index contributed by atoms with van der Waals surface area (Å²) >= 11 is 0. The van der Waals surface area contributed by atoms with E-state index in [9.17, 15) is 4.79 Å². The second kappa shape index (κ2) is 10.7. The molecule has 7 nitrogen and oxygen atoms in total. The summed E-state index contributed by atoms with van der Waals surface area (Å²) in [6.07, 6.45) is 3.29. The lowest BCUT2D eigenvalue weighted by Crippen LogP contribution is -2.45. The first kappa shape index (κ1) is 20.9. The van der Waals surface area contributed by atoms with Crippen LogP contribution in [0, 0.1) is 5.92 Å². The van der Waals surface area contributed by atoms with Crippen LogP contribution < -0.4 is 11.1 Å². The van der Waals surface area contributed by atoms with Gasteiger partial charge >= 0.3 is 0 Å². The first-order valence-corrected chi connectivity index (χ1v) is 8.31. The van der Waals surface area contributed by atoms with Crippen molar-refractivity contribution < 1.29 is 14.3 Å². The molecule has 1 amide bonds. The molecule has 24 heavy (non-hydrogen) atoms. The fourth-order valence-corrected chi connectivity index (χ4v) is 2.90. The van der Waals surface area contributed by atoms with Crippen molar-refractivity contribution in [1.29, 1.82) is 0 Å². The molecule has 1 aliphatic rings. The Morgan fingerprint density at radius 1 is 1.50 bits per heavy atom. The molecular weight excluding hydrogens is 332 g/mol. The number of methoxy groups -OCH3 is 1. The highest BCUT2D eigenvalue weighted by Crippen LogP contribution is 2.26. The van der Waals surface area contributed by atoms with Gasteiger partial charge in [-0.15, -0.1) is 12.4 Å². The fourth-order valence-electron chi connectivity index (χ4n) is 2.90. The molecule has 1 fully saturated rings. The van der Waals surface area contributed by atoms with Gasteiger partial charge in [-0.1, -0.05) is 6.92 Å². The largest absolute Gasteiger partial charge is 0.378 e. The average Bonchev–Trinajstić information content (AvgIpc) is 3.00. The second-order valence-corrected chi connectivity index (χ2v) is 6.12. The molecular formula is C16H29ClN4O3. The van der Waals surface area contributed by atoms with Crippen LogP contribution in [0.15, 0.2) is 6.07 Å². The van der Waals surface area contributed by atoms with Gasteiger partial charge in [0.1, 0.15) is 0 Å². The third-order valence-corrected chi connectivity index (χ3v) is 4.18. The quantitative estimate of drug-likeness (QED) is 0.652. The number of nitrogens with one attached hydrogen (secondary N) is 2. The summed E-state index contributed by atoms with van der Waals surface area (Å²) in [4.78, 5) is 12.4. The smallest absolute Gasteiger partial charge is 0.223 e. The topological polar surface area (TPSA) is 102 Å². The lowest BCUT2D eigenvalue weighted by atomic mass is 9.83. The van der Waals surface area contributed by atoms with E-state index in [2.05, 4.69) is 22.4 Å². The molecule has 1 heterocycles. The van der Waals surface area contributed by atoms with E-state index in [0.29, 0.717) is 26.2 Å².